The quantitative estimate of drug-likeness (QED) is 0.833. The fourth-order valence-corrected chi connectivity index (χ4v) is 3.90. The van der Waals surface area contributed by atoms with Gasteiger partial charge < -0.3 is 15.2 Å². The standard InChI is InChI=1S/C17H17FN4O2/c1-3-23-17(24-4-2)16(10-20)13(11-5-7-12(18)8-6-11)15(16,9-19)14(21)22-17/h5-8,13H,3-4H2,1-2H3,(H2,21,22)/t13-,15-,16-/m0/s1. The van der Waals surface area contributed by atoms with E-state index < -0.39 is 28.5 Å². The molecule has 0 aromatic heterocycles. The van der Waals surface area contributed by atoms with Gasteiger partial charge in [0.25, 0.3) is 5.91 Å². The summed E-state index contributed by atoms with van der Waals surface area (Å²) < 4.78 is 24.7. The van der Waals surface area contributed by atoms with Crippen molar-refractivity contribution in [3.63, 3.8) is 0 Å². The second kappa shape index (κ2) is 5.27. The minimum absolute atomic E-state index is 0.0165. The molecule has 124 valence electrons. The van der Waals surface area contributed by atoms with Crippen LogP contribution in [0.15, 0.2) is 29.3 Å². The molecule has 1 aromatic carbocycles. The Morgan fingerprint density at radius 1 is 1.17 bits per heavy atom. The van der Waals surface area contributed by atoms with E-state index in [0.717, 1.165) is 0 Å². The molecule has 1 aliphatic heterocycles. The largest absolute Gasteiger partial charge is 0.386 e. The Morgan fingerprint density at radius 2 is 1.75 bits per heavy atom. The SMILES string of the molecule is CCOC1(OCC)N=C(N)[C@]2(C#N)[C@H](c3ccc(F)cc3)[C@]12C#N. The van der Waals surface area contributed by atoms with Crippen LogP contribution in [0.5, 0.6) is 0 Å². The second-order valence-electron chi connectivity index (χ2n) is 5.77. The highest BCUT2D eigenvalue weighted by Gasteiger charge is 2.93. The van der Waals surface area contributed by atoms with Gasteiger partial charge in [-0.25, -0.2) is 9.38 Å². The van der Waals surface area contributed by atoms with Crippen LogP contribution in [0.3, 0.4) is 0 Å². The molecule has 1 heterocycles. The van der Waals surface area contributed by atoms with E-state index in [-0.39, 0.29) is 19.0 Å². The van der Waals surface area contributed by atoms with Gasteiger partial charge in [-0.05, 0) is 31.5 Å². The summed E-state index contributed by atoms with van der Waals surface area (Å²) >= 11 is 0. The van der Waals surface area contributed by atoms with Crippen LogP contribution < -0.4 is 5.73 Å². The van der Waals surface area contributed by atoms with Gasteiger partial charge in [-0.3, -0.25) is 0 Å². The van der Waals surface area contributed by atoms with E-state index in [4.69, 9.17) is 15.2 Å². The topological polar surface area (TPSA) is 104 Å². The number of aliphatic imine (C=N–C) groups is 1. The molecule has 24 heavy (non-hydrogen) atoms. The van der Waals surface area contributed by atoms with Crippen molar-refractivity contribution in [2.24, 2.45) is 21.6 Å². The number of nitriles is 2. The number of nitrogens with zero attached hydrogens (tertiary/aromatic N) is 3. The van der Waals surface area contributed by atoms with Crippen LogP contribution in [-0.4, -0.2) is 25.0 Å². The molecule has 6 nitrogen and oxygen atoms in total. The molecule has 0 bridgehead atoms. The highest BCUT2D eigenvalue weighted by molar-refractivity contribution is 6.00. The Kier molecular flexibility index (Phi) is 3.60. The van der Waals surface area contributed by atoms with Crippen molar-refractivity contribution in [3.05, 3.63) is 35.6 Å². The van der Waals surface area contributed by atoms with E-state index in [9.17, 15) is 14.9 Å². The Balaban J connectivity index is 2.21. The van der Waals surface area contributed by atoms with E-state index >= 15 is 0 Å². The summed E-state index contributed by atoms with van der Waals surface area (Å²) in [5.74, 6) is -2.62. The van der Waals surface area contributed by atoms with E-state index in [1.807, 2.05) is 0 Å². The van der Waals surface area contributed by atoms with Gasteiger partial charge in [0.2, 0.25) is 0 Å². The Bertz CT molecular complexity index is 773. The first kappa shape index (κ1) is 16.4. The molecule has 0 unspecified atom stereocenters. The fraction of sp³-hybridized carbons (Fsp3) is 0.471. The molecular formula is C17H17FN4O2. The molecule has 0 saturated heterocycles. The first-order chi connectivity index (χ1) is 11.5. The summed E-state index contributed by atoms with van der Waals surface area (Å²) in [5.41, 5.74) is 3.94. The normalized spacial score (nSPS) is 32.4. The summed E-state index contributed by atoms with van der Waals surface area (Å²) in [5, 5.41) is 19.8. The monoisotopic (exact) mass is 328 g/mol. The lowest BCUT2D eigenvalue weighted by Gasteiger charge is -2.31. The number of amidine groups is 1. The first-order valence-corrected chi connectivity index (χ1v) is 7.71. The third kappa shape index (κ3) is 1.61. The van der Waals surface area contributed by atoms with Crippen molar-refractivity contribution in [2.75, 3.05) is 13.2 Å². The van der Waals surface area contributed by atoms with Crippen LogP contribution in [0.25, 0.3) is 0 Å². The van der Waals surface area contributed by atoms with Crippen molar-refractivity contribution in [1.29, 1.82) is 10.5 Å². The summed E-state index contributed by atoms with van der Waals surface area (Å²) in [6.45, 7) is 3.97. The molecule has 3 atom stereocenters. The number of nitrogens with two attached hydrogens (primary N) is 1. The second-order valence-corrected chi connectivity index (χ2v) is 5.77. The molecule has 0 radical (unpaired) electrons. The zero-order valence-electron chi connectivity index (χ0n) is 13.4. The van der Waals surface area contributed by atoms with Gasteiger partial charge >= 0.3 is 0 Å². The van der Waals surface area contributed by atoms with Gasteiger partial charge in [-0.15, -0.1) is 0 Å². The van der Waals surface area contributed by atoms with Crippen molar-refractivity contribution in [3.8, 4) is 12.1 Å². The van der Waals surface area contributed by atoms with E-state index in [2.05, 4.69) is 17.1 Å². The molecule has 1 aromatic rings. The number of ether oxygens (including phenoxy) is 2. The lowest BCUT2D eigenvalue weighted by atomic mass is 9.93. The van der Waals surface area contributed by atoms with Crippen molar-refractivity contribution in [2.45, 2.75) is 25.7 Å². The molecule has 2 N–H and O–H groups in total. The maximum atomic E-state index is 13.3. The average molecular weight is 328 g/mol. The molecule has 1 saturated carbocycles. The summed E-state index contributed by atoms with van der Waals surface area (Å²) in [4.78, 5) is 4.24. The average Bonchev–Trinajstić information content (AvgIpc) is 3.15. The highest BCUT2D eigenvalue weighted by atomic mass is 19.1. The number of hydrogen-bond acceptors (Lipinski definition) is 6. The summed E-state index contributed by atoms with van der Waals surface area (Å²) in [7, 11) is 0. The molecule has 1 aliphatic carbocycles. The molecular weight excluding hydrogens is 311 g/mol. The predicted octanol–water partition coefficient (Wildman–Crippen LogP) is 2.04. The molecule has 0 amide bonds. The predicted molar refractivity (Wildman–Crippen MR) is 82.8 cm³/mol. The van der Waals surface area contributed by atoms with Crippen LogP contribution in [0, 0.1) is 39.3 Å². The number of hydrogen-bond donors (Lipinski definition) is 1. The molecule has 7 heteroatoms. The third-order valence-electron chi connectivity index (χ3n) is 4.81. The molecule has 3 rings (SSSR count). The van der Waals surface area contributed by atoms with Gasteiger partial charge in [0.05, 0.1) is 12.1 Å². The van der Waals surface area contributed by atoms with E-state index in [1.54, 1.807) is 26.0 Å². The van der Waals surface area contributed by atoms with Crippen molar-refractivity contribution in [1.82, 2.24) is 0 Å². The lowest BCUT2D eigenvalue weighted by Crippen LogP contribution is -2.43. The number of benzene rings is 1. The minimum Gasteiger partial charge on any atom is -0.386 e. The van der Waals surface area contributed by atoms with Crippen LogP contribution in [0.2, 0.25) is 0 Å². The summed E-state index contributed by atoms with van der Waals surface area (Å²) in [6.07, 6.45) is 0. The van der Waals surface area contributed by atoms with Crippen molar-refractivity contribution < 1.29 is 13.9 Å². The van der Waals surface area contributed by atoms with Gasteiger partial charge in [0.15, 0.2) is 5.41 Å². The third-order valence-corrected chi connectivity index (χ3v) is 4.81. The lowest BCUT2D eigenvalue weighted by molar-refractivity contribution is -0.255. The zero-order chi connectivity index (χ0) is 17.6. The highest BCUT2D eigenvalue weighted by Crippen LogP contribution is 2.81. The number of fused-ring (bicyclic) bond motifs is 1. The van der Waals surface area contributed by atoms with Gasteiger partial charge in [0, 0.05) is 19.1 Å². The Hall–Kier alpha value is -2.48. The van der Waals surface area contributed by atoms with Gasteiger partial charge in [0.1, 0.15) is 17.1 Å². The van der Waals surface area contributed by atoms with Crippen molar-refractivity contribution >= 4 is 5.84 Å². The maximum absolute atomic E-state index is 13.3. The number of rotatable bonds is 5. The molecule has 0 spiro atoms. The molecule has 2 aliphatic rings. The maximum Gasteiger partial charge on any atom is 0.293 e. The van der Waals surface area contributed by atoms with Crippen LogP contribution >= 0.6 is 0 Å². The Morgan fingerprint density at radius 3 is 2.21 bits per heavy atom. The van der Waals surface area contributed by atoms with Gasteiger partial charge in [-0.2, -0.15) is 10.5 Å². The van der Waals surface area contributed by atoms with Crippen LogP contribution in [-0.2, 0) is 9.47 Å². The summed E-state index contributed by atoms with van der Waals surface area (Å²) in [6, 6.07) is 10.0. The smallest absolute Gasteiger partial charge is 0.293 e. The fourth-order valence-electron chi connectivity index (χ4n) is 3.90. The van der Waals surface area contributed by atoms with Crippen LogP contribution in [0.1, 0.15) is 25.3 Å². The zero-order valence-corrected chi connectivity index (χ0v) is 13.4. The Labute approximate surface area is 139 Å². The molecule has 1 fully saturated rings. The van der Waals surface area contributed by atoms with E-state index in [1.165, 1.54) is 12.1 Å². The van der Waals surface area contributed by atoms with E-state index in [0.29, 0.717) is 5.56 Å². The number of halogens is 1. The van der Waals surface area contributed by atoms with Gasteiger partial charge in [-0.1, -0.05) is 12.1 Å². The minimum atomic E-state index is -1.63. The van der Waals surface area contributed by atoms with Crippen LogP contribution in [0.4, 0.5) is 4.39 Å². The first-order valence-electron chi connectivity index (χ1n) is 7.71.